The van der Waals surface area contributed by atoms with Crippen LogP contribution in [0.15, 0.2) is 47.2 Å². The normalized spacial score (nSPS) is 14.9. The van der Waals surface area contributed by atoms with Gasteiger partial charge in [0.1, 0.15) is 11.4 Å². The Balaban J connectivity index is 1.61. The van der Waals surface area contributed by atoms with E-state index in [2.05, 4.69) is 29.0 Å². The van der Waals surface area contributed by atoms with Crippen molar-refractivity contribution in [3.63, 3.8) is 0 Å². The molecule has 156 valence electrons. The van der Waals surface area contributed by atoms with Gasteiger partial charge in [0.15, 0.2) is 5.78 Å². The number of unbranched alkanes of at least 4 members (excludes halogenated alkanes) is 2. The number of Topliss-reactive ketones (excluding diaryl/α,β-unsaturated/α-hetero) is 1. The van der Waals surface area contributed by atoms with Crippen LogP contribution in [-0.2, 0) is 0 Å². The van der Waals surface area contributed by atoms with Crippen LogP contribution in [0.5, 0.6) is 5.75 Å². The minimum Gasteiger partial charge on any atom is -0.486 e. The van der Waals surface area contributed by atoms with Gasteiger partial charge < -0.3 is 9.26 Å². The Hall–Kier alpha value is -3.02. The third-order valence-electron chi connectivity index (χ3n) is 5.65. The summed E-state index contributed by atoms with van der Waals surface area (Å²) < 4.78 is 11.9. The van der Waals surface area contributed by atoms with Gasteiger partial charge in [0.2, 0.25) is 5.82 Å². The number of rotatable bonds is 8. The predicted molar refractivity (Wildman–Crippen MR) is 114 cm³/mol. The first kappa shape index (κ1) is 20.3. The van der Waals surface area contributed by atoms with E-state index in [1.165, 1.54) is 0 Å². The molecule has 0 unspecified atom stereocenters. The average molecular weight is 405 g/mol. The molecule has 30 heavy (non-hydrogen) atoms. The summed E-state index contributed by atoms with van der Waals surface area (Å²) in [6.07, 6.45) is 9.93. The Labute approximate surface area is 176 Å². The molecule has 0 fully saturated rings. The number of hydrogen-bond acceptors (Lipinski definition) is 6. The van der Waals surface area contributed by atoms with E-state index in [9.17, 15) is 4.79 Å². The first-order valence-corrected chi connectivity index (χ1v) is 10.7. The number of hydrogen-bond donors (Lipinski definition) is 0. The molecule has 0 radical (unpaired) electrons. The summed E-state index contributed by atoms with van der Waals surface area (Å²) in [6.45, 7) is 4.34. The highest BCUT2D eigenvalue weighted by molar-refractivity contribution is 6.01. The van der Waals surface area contributed by atoms with Gasteiger partial charge in [-0.2, -0.15) is 4.98 Å². The summed E-state index contributed by atoms with van der Waals surface area (Å²) >= 11 is 0. The topological polar surface area (TPSA) is 78.1 Å². The van der Waals surface area contributed by atoms with E-state index < -0.39 is 0 Å². The molecule has 6 heteroatoms. The second-order valence-electron chi connectivity index (χ2n) is 7.97. The summed E-state index contributed by atoms with van der Waals surface area (Å²) in [7, 11) is 0. The number of pyridine rings is 1. The molecule has 0 atom stereocenters. The van der Waals surface area contributed by atoms with Gasteiger partial charge in [-0.1, -0.05) is 31.8 Å². The van der Waals surface area contributed by atoms with Crippen molar-refractivity contribution >= 4 is 5.78 Å². The lowest BCUT2D eigenvalue weighted by atomic mass is 9.82. The van der Waals surface area contributed by atoms with Crippen molar-refractivity contribution in [2.24, 2.45) is 0 Å². The maximum absolute atomic E-state index is 13.1. The summed E-state index contributed by atoms with van der Waals surface area (Å²) in [5, 5.41) is 4.04. The molecule has 0 aliphatic carbocycles. The fourth-order valence-corrected chi connectivity index (χ4v) is 3.98. The van der Waals surface area contributed by atoms with Crippen molar-refractivity contribution in [2.45, 2.75) is 64.4 Å². The van der Waals surface area contributed by atoms with Crippen LogP contribution in [0.4, 0.5) is 0 Å². The molecule has 3 aromatic rings. The molecule has 0 amide bonds. The number of ketones is 1. The van der Waals surface area contributed by atoms with Gasteiger partial charge in [-0.3, -0.25) is 9.78 Å². The first-order chi connectivity index (χ1) is 14.6. The average Bonchev–Trinajstić information content (AvgIpc) is 3.27. The van der Waals surface area contributed by atoms with Crippen molar-refractivity contribution in [3.8, 4) is 28.6 Å². The third kappa shape index (κ3) is 4.13. The smallest absolute Gasteiger partial charge is 0.258 e. The maximum atomic E-state index is 13.1. The van der Waals surface area contributed by atoms with Crippen molar-refractivity contribution in [1.82, 2.24) is 15.1 Å². The number of carbonyl (C=O) groups is 1. The van der Waals surface area contributed by atoms with Crippen molar-refractivity contribution in [2.75, 3.05) is 0 Å². The second-order valence-corrected chi connectivity index (χ2v) is 7.97. The molecule has 3 heterocycles. The van der Waals surface area contributed by atoms with Gasteiger partial charge in [-0.05, 0) is 56.0 Å². The summed E-state index contributed by atoms with van der Waals surface area (Å²) in [5.74, 6) is 1.63. The van der Waals surface area contributed by atoms with E-state index in [4.69, 9.17) is 9.26 Å². The predicted octanol–water partition coefficient (Wildman–Crippen LogP) is 5.88. The van der Waals surface area contributed by atoms with E-state index in [-0.39, 0.29) is 11.4 Å². The molecule has 0 N–H and O–H groups in total. The van der Waals surface area contributed by atoms with E-state index in [1.54, 1.807) is 12.4 Å². The Kier molecular flexibility index (Phi) is 5.93. The second kappa shape index (κ2) is 8.78. The van der Waals surface area contributed by atoms with Crippen LogP contribution in [0.25, 0.3) is 22.8 Å². The quantitative estimate of drug-likeness (QED) is 0.465. The summed E-state index contributed by atoms with van der Waals surface area (Å²) in [5.41, 5.74) is 1.71. The van der Waals surface area contributed by atoms with Crippen LogP contribution in [0.2, 0.25) is 0 Å². The number of fused-ring (bicyclic) bond motifs is 1. The fourth-order valence-electron chi connectivity index (χ4n) is 3.98. The molecular weight excluding hydrogens is 378 g/mol. The van der Waals surface area contributed by atoms with Gasteiger partial charge in [0.05, 0.1) is 12.0 Å². The highest BCUT2D eigenvalue weighted by atomic mass is 16.5. The molecule has 0 bridgehead atoms. The zero-order valence-corrected chi connectivity index (χ0v) is 17.6. The minimum atomic E-state index is -0.379. The Bertz CT molecular complexity index is 1010. The lowest BCUT2D eigenvalue weighted by molar-refractivity contribution is 0.0250. The highest BCUT2D eigenvalue weighted by Gasteiger charge is 2.39. The van der Waals surface area contributed by atoms with Crippen LogP contribution < -0.4 is 4.74 Å². The molecule has 6 nitrogen and oxygen atoms in total. The molecule has 2 aromatic heterocycles. The Morgan fingerprint density at radius 3 is 2.57 bits per heavy atom. The highest BCUT2D eigenvalue weighted by Crippen LogP contribution is 2.40. The van der Waals surface area contributed by atoms with E-state index in [1.807, 2.05) is 30.3 Å². The molecular formula is C24H27N3O3. The third-order valence-corrected chi connectivity index (χ3v) is 5.65. The van der Waals surface area contributed by atoms with Crippen LogP contribution in [0.1, 0.15) is 69.2 Å². The van der Waals surface area contributed by atoms with Crippen LogP contribution in [0, 0.1) is 0 Å². The molecule has 0 spiro atoms. The lowest BCUT2D eigenvalue weighted by Gasteiger charge is -2.38. The van der Waals surface area contributed by atoms with Crippen LogP contribution in [-0.4, -0.2) is 26.5 Å². The van der Waals surface area contributed by atoms with Crippen LogP contribution in [0.3, 0.4) is 0 Å². The molecule has 1 aliphatic rings. The van der Waals surface area contributed by atoms with Crippen molar-refractivity contribution in [3.05, 3.63) is 48.3 Å². The fraction of sp³-hybridized carbons (Fsp3) is 0.417. The lowest BCUT2D eigenvalue weighted by Crippen LogP contribution is -2.42. The van der Waals surface area contributed by atoms with E-state index in [0.29, 0.717) is 35.0 Å². The number of aromatic nitrogens is 3. The van der Waals surface area contributed by atoms with Gasteiger partial charge in [-0.15, -0.1) is 0 Å². The number of benzene rings is 1. The Morgan fingerprint density at radius 2 is 1.87 bits per heavy atom. The molecule has 0 saturated carbocycles. The standard InChI is InChI=1S/C24H27N3O3/c1-3-5-11-24(12-6-4-2)15-20(28)19-14-17(9-10-21(19)29-24)23-26-22(27-30-23)18-8-7-13-25-16-18/h7-10,13-14,16H,3-6,11-12,15H2,1-2H3. The maximum Gasteiger partial charge on any atom is 0.258 e. The van der Waals surface area contributed by atoms with Gasteiger partial charge in [-0.25, -0.2) is 0 Å². The number of nitrogens with zero attached hydrogens (tertiary/aromatic N) is 3. The van der Waals surface area contributed by atoms with Crippen molar-refractivity contribution < 1.29 is 14.1 Å². The SMILES string of the molecule is CCCCC1(CCCC)CC(=O)c2cc(-c3nc(-c4cccnc4)no3)ccc2O1. The van der Waals surface area contributed by atoms with Gasteiger partial charge >= 0.3 is 0 Å². The summed E-state index contributed by atoms with van der Waals surface area (Å²) in [4.78, 5) is 21.6. The molecule has 0 saturated heterocycles. The van der Waals surface area contributed by atoms with Crippen LogP contribution >= 0.6 is 0 Å². The van der Waals surface area contributed by atoms with Gasteiger partial charge in [0, 0.05) is 23.5 Å². The minimum absolute atomic E-state index is 0.123. The summed E-state index contributed by atoms with van der Waals surface area (Å²) in [6, 6.07) is 9.24. The zero-order valence-electron chi connectivity index (χ0n) is 17.6. The van der Waals surface area contributed by atoms with Crippen molar-refractivity contribution in [1.29, 1.82) is 0 Å². The molecule has 1 aromatic carbocycles. The monoisotopic (exact) mass is 405 g/mol. The molecule has 1 aliphatic heterocycles. The molecule has 4 rings (SSSR count). The number of carbonyl (C=O) groups excluding carboxylic acids is 1. The van der Waals surface area contributed by atoms with E-state index in [0.717, 1.165) is 44.1 Å². The first-order valence-electron chi connectivity index (χ1n) is 10.7. The Morgan fingerprint density at radius 1 is 1.07 bits per heavy atom. The number of ether oxygens (including phenoxy) is 1. The zero-order chi connectivity index (χ0) is 21.0. The largest absolute Gasteiger partial charge is 0.486 e. The van der Waals surface area contributed by atoms with E-state index >= 15 is 0 Å². The van der Waals surface area contributed by atoms with Gasteiger partial charge in [0.25, 0.3) is 5.89 Å².